The maximum absolute atomic E-state index is 12.5. The topological polar surface area (TPSA) is 102 Å². The van der Waals surface area contributed by atoms with Gasteiger partial charge in [0.05, 0.1) is 24.1 Å². The number of nitrogens with zero attached hydrogens (tertiary/aromatic N) is 1. The summed E-state index contributed by atoms with van der Waals surface area (Å²) in [5.41, 5.74) is 6.68. The number of sulfonamides is 1. The maximum Gasteiger partial charge on any atom is 0.208 e. The summed E-state index contributed by atoms with van der Waals surface area (Å²) in [6.45, 7) is 2.99. The summed E-state index contributed by atoms with van der Waals surface area (Å²) >= 11 is 6.07. The van der Waals surface area contributed by atoms with Crippen LogP contribution in [0, 0.1) is 5.92 Å². The third-order valence-electron chi connectivity index (χ3n) is 4.91. The van der Waals surface area contributed by atoms with E-state index in [0.717, 1.165) is 32.4 Å². The molecule has 1 aliphatic rings. The Hall–Kier alpha value is -1.35. The van der Waals surface area contributed by atoms with Crippen LogP contribution in [0.1, 0.15) is 36.0 Å². The zero-order valence-corrected chi connectivity index (χ0v) is 17.4. The number of hydrogen-bond donors (Lipinski definition) is 2. The first kappa shape index (κ1) is 21.9. The molecule has 1 aromatic carbocycles. The molecule has 3 N–H and O–H groups in total. The van der Waals surface area contributed by atoms with E-state index >= 15 is 0 Å². The van der Waals surface area contributed by atoms with E-state index in [9.17, 15) is 13.2 Å². The van der Waals surface area contributed by atoms with Gasteiger partial charge in [0.1, 0.15) is 5.75 Å². The van der Waals surface area contributed by atoms with Gasteiger partial charge in [-0.3, -0.25) is 4.79 Å². The SMILES string of the molecule is COc1cc(C(=O)CCC2CCN(CCNS(C)(=O)=O)CC2)cc(Cl)c1N. The molecule has 1 heterocycles. The third-order valence-corrected chi connectivity index (χ3v) is 5.95. The Morgan fingerprint density at radius 2 is 2.04 bits per heavy atom. The highest BCUT2D eigenvalue weighted by Crippen LogP contribution is 2.32. The zero-order chi connectivity index (χ0) is 20.0. The van der Waals surface area contributed by atoms with Crippen molar-refractivity contribution in [2.75, 3.05) is 45.3 Å². The number of rotatable bonds is 9. The first-order chi connectivity index (χ1) is 12.7. The zero-order valence-electron chi connectivity index (χ0n) is 15.8. The number of Topliss-reactive ketones (excluding diaryl/α,β-unsaturated/α-hetero) is 1. The number of piperidine rings is 1. The number of likely N-dealkylation sites (tertiary alicyclic amines) is 1. The van der Waals surface area contributed by atoms with Crippen molar-refractivity contribution in [3.8, 4) is 5.75 Å². The fourth-order valence-electron chi connectivity index (χ4n) is 3.29. The Morgan fingerprint density at radius 3 is 2.63 bits per heavy atom. The molecular weight excluding hydrogens is 390 g/mol. The van der Waals surface area contributed by atoms with Crippen LogP contribution in [0.15, 0.2) is 12.1 Å². The quantitative estimate of drug-likeness (QED) is 0.471. The number of halogens is 1. The number of ketones is 1. The van der Waals surface area contributed by atoms with E-state index in [1.165, 1.54) is 13.4 Å². The predicted molar refractivity (Wildman–Crippen MR) is 108 cm³/mol. The van der Waals surface area contributed by atoms with Crippen LogP contribution in [0.4, 0.5) is 5.69 Å². The summed E-state index contributed by atoms with van der Waals surface area (Å²) in [6, 6.07) is 3.24. The molecule has 1 saturated heterocycles. The van der Waals surface area contributed by atoms with Gasteiger partial charge in [0.25, 0.3) is 0 Å². The van der Waals surface area contributed by atoms with Crippen LogP contribution in [0.3, 0.4) is 0 Å². The number of nitrogen functional groups attached to an aromatic ring is 1. The summed E-state index contributed by atoms with van der Waals surface area (Å²) < 4.78 is 29.9. The van der Waals surface area contributed by atoms with Crippen LogP contribution in [-0.4, -0.2) is 58.6 Å². The molecule has 0 amide bonds. The second-order valence-corrected chi connectivity index (χ2v) is 9.23. The summed E-state index contributed by atoms with van der Waals surface area (Å²) in [6.07, 6.45) is 4.48. The number of benzene rings is 1. The highest BCUT2D eigenvalue weighted by molar-refractivity contribution is 7.88. The molecule has 0 bridgehead atoms. The Labute approximate surface area is 166 Å². The lowest BCUT2D eigenvalue weighted by molar-refractivity contribution is 0.0962. The molecular formula is C18H28ClN3O4S. The van der Waals surface area contributed by atoms with Crippen molar-refractivity contribution in [3.05, 3.63) is 22.7 Å². The fourth-order valence-corrected chi connectivity index (χ4v) is 3.96. The molecule has 0 aromatic heterocycles. The van der Waals surface area contributed by atoms with E-state index in [1.54, 1.807) is 12.1 Å². The number of carbonyl (C=O) groups excluding carboxylic acids is 1. The Balaban J connectivity index is 1.76. The molecule has 2 rings (SSSR count). The Kier molecular flexibility index (Phi) is 7.91. The molecule has 0 saturated carbocycles. The lowest BCUT2D eigenvalue weighted by Crippen LogP contribution is -2.39. The van der Waals surface area contributed by atoms with Gasteiger partial charge in [-0.25, -0.2) is 13.1 Å². The van der Waals surface area contributed by atoms with E-state index in [-0.39, 0.29) is 5.78 Å². The minimum absolute atomic E-state index is 0.0370. The average Bonchev–Trinajstić information content (AvgIpc) is 2.62. The Bertz CT molecular complexity index is 762. The van der Waals surface area contributed by atoms with Crippen LogP contribution in [0.5, 0.6) is 5.75 Å². The van der Waals surface area contributed by atoms with Crippen molar-refractivity contribution >= 4 is 33.1 Å². The van der Waals surface area contributed by atoms with Crippen molar-refractivity contribution in [1.29, 1.82) is 0 Å². The Morgan fingerprint density at radius 1 is 1.37 bits per heavy atom. The van der Waals surface area contributed by atoms with E-state index in [1.807, 2.05) is 0 Å². The number of nitrogens with one attached hydrogen (secondary N) is 1. The highest BCUT2D eigenvalue weighted by Gasteiger charge is 2.21. The highest BCUT2D eigenvalue weighted by atomic mass is 35.5. The molecule has 27 heavy (non-hydrogen) atoms. The van der Waals surface area contributed by atoms with Gasteiger partial charge >= 0.3 is 0 Å². The van der Waals surface area contributed by atoms with Gasteiger partial charge in [-0.05, 0) is 50.4 Å². The van der Waals surface area contributed by atoms with E-state index in [4.69, 9.17) is 22.1 Å². The van der Waals surface area contributed by atoms with E-state index < -0.39 is 10.0 Å². The first-order valence-corrected chi connectivity index (χ1v) is 11.3. The van der Waals surface area contributed by atoms with Crippen molar-refractivity contribution in [2.45, 2.75) is 25.7 Å². The van der Waals surface area contributed by atoms with Crippen LogP contribution in [0.2, 0.25) is 5.02 Å². The number of nitrogens with two attached hydrogens (primary N) is 1. The molecule has 0 unspecified atom stereocenters. The normalized spacial score (nSPS) is 16.4. The molecule has 9 heteroatoms. The van der Waals surface area contributed by atoms with Crippen LogP contribution in [-0.2, 0) is 10.0 Å². The third kappa shape index (κ3) is 6.95. The van der Waals surface area contributed by atoms with Gasteiger partial charge in [-0.1, -0.05) is 11.6 Å². The molecule has 1 aliphatic heterocycles. The second kappa shape index (κ2) is 9.73. The summed E-state index contributed by atoms with van der Waals surface area (Å²) in [4.78, 5) is 14.7. The van der Waals surface area contributed by atoms with Crippen molar-refractivity contribution in [1.82, 2.24) is 9.62 Å². The molecule has 1 fully saturated rings. The molecule has 7 nitrogen and oxygen atoms in total. The number of anilines is 1. The van der Waals surface area contributed by atoms with E-state index in [2.05, 4.69) is 9.62 Å². The molecule has 0 atom stereocenters. The second-order valence-electron chi connectivity index (χ2n) is 6.99. The van der Waals surface area contributed by atoms with Gasteiger partial charge in [-0.15, -0.1) is 0 Å². The molecule has 0 aliphatic carbocycles. The van der Waals surface area contributed by atoms with Crippen LogP contribution < -0.4 is 15.2 Å². The number of methoxy groups -OCH3 is 1. The smallest absolute Gasteiger partial charge is 0.208 e. The van der Waals surface area contributed by atoms with Crippen molar-refractivity contribution < 1.29 is 17.9 Å². The van der Waals surface area contributed by atoms with Crippen molar-refractivity contribution in [2.24, 2.45) is 5.92 Å². The fraction of sp³-hybridized carbons (Fsp3) is 0.611. The van der Waals surface area contributed by atoms with Crippen LogP contribution in [0.25, 0.3) is 0 Å². The predicted octanol–water partition coefficient (Wildman–Crippen LogP) is 2.15. The summed E-state index contributed by atoms with van der Waals surface area (Å²) in [5.74, 6) is 0.955. The lowest BCUT2D eigenvalue weighted by atomic mass is 9.90. The molecule has 0 radical (unpaired) electrons. The monoisotopic (exact) mass is 417 g/mol. The minimum atomic E-state index is -3.13. The van der Waals surface area contributed by atoms with Crippen molar-refractivity contribution in [3.63, 3.8) is 0 Å². The van der Waals surface area contributed by atoms with Gasteiger partial charge in [0, 0.05) is 25.1 Å². The molecule has 1 aromatic rings. The minimum Gasteiger partial charge on any atom is -0.495 e. The van der Waals surface area contributed by atoms with Gasteiger partial charge in [0.15, 0.2) is 5.78 Å². The average molecular weight is 418 g/mol. The number of carbonyl (C=O) groups is 1. The first-order valence-electron chi connectivity index (χ1n) is 9.03. The molecule has 0 spiro atoms. The van der Waals surface area contributed by atoms with Crippen LogP contribution >= 0.6 is 11.6 Å². The lowest BCUT2D eigenvalue weighted by Gasteiger charge is -2.31. The summed E-state index contributed by atoms with van der Waals surface area (Å²) in [5, 5.41) is 0.328. The van der Waals surface area contributed by atoms with Gasteiger partial charge in [-0.2, -0.15) is 0 Å². The number of hydrogen-bond acceptors (Lipinski definition) is 6. The standard InChI is InChI=1S/C18H28ClN3O4S/c1-26-17-12-14(11-15(19)18(17)20)16(23)4-3-13-5-8-22(9-6-13)10-7-21-27(2,24)25/h11-13,21H,3-10,20H2,1-2H3. The largest absolute Gasteiger partial charge is 0.495 e. The summed E-state index contributed by atoms with van der Waals surface area (Å²) in [7, 11) is -1.64. The van der Waals surface area contributed by atoms with E-state index in [0.29, 0.717) is 47.5 Å². The number of ether oxygens (including phenoxy) is 1. The van der Waals surface area contributed by atoms with Gasteiger partial charge in [0.2, 0.25) is 10.0 Å². The maximum atomic E-state index is 12.5. The molecule has 152 valence electrons. The van der Waals surface area contributed by atoms with Gasteiger partial charge < -0.3 is 15.4 Å².